The van der Waals surface area contributed by atoms with Gasteiger partial charge in [0.05, 0.1) is 14.2 Å². The average Bonchev–Trinajstić information content (AvgIpc) is 3.03. The predicted molar refractivity (Wildman–Crippen MR) is 108 cm³/mol. The number of hydrogen-bond acceptors (Lipinski definition) is 5. The molecular formula is C22H30N2O4. The Morgan fingerprint density at radius 1 is 1.18 bits per heavy atom. The van der Waals surface area contributed by atoms with Gasteiger partial charge in [0, 0.05) is 18.7 Å². The highest BCUT2D eigenvalue weighted by atomic mass is 16.5. The van der Waals surface area contributed by atoms with Crippen LogP contribution in [-0.4, -0.2) is 44.7 Å². The van der Waals surface area contributed by atoms with Gasteiger partial charge in [-0.05, 0) is 63.9 Å². The Bertz CT molecular complexity index is 785. The number of ether oxygens (including phenoxy) is 2. The summed E-state index contributed by atoms with van der Waals surface area (Å²) in [6.45, 7) is 7.67. The van der Waals surface area contributed by atoms with Crippen molar-refractivity contribution >= 4 is 5.91 Å². The zero-order valence-corrected chi connectivity index (χ0v) is 17.2. The molecule has 1 saturated heterocycles. The van der Waals surface area contributed by atoms with Crippen molar-refractivity contribution in [2.45, 2.75) is 33.2 Å². The second-order valence-electron chi connectivity index (χ2n) is 7.41. The Kier molecular flexibility index (Phi) is 6.62. The van der Waals surface area contributed by atoms with Crippen molar-refractivity contribution in [1.29, 1.82) is 0 Å². The van der Waals surface area contributed by atoms with Crippen LogP contribution in [0, 0.1) is 19.8 Å². The van der Waals surface area contributed by atoms with Crippen LogP contribution in [0.2, 0.25) is 0 Å². The largest absolute Gasteiger partial charge is 0.496 e. The van der Waals surface area contributed by atoms with Gasteiger partial charge in [-0.3, -0.25) is 9.69 Å². The van der Waals surface area contributed by atoms with Crippen molar-refractivity contribution in [3.63, 3.8) is 0 Å². The van der Waals surface area contributed by atoms with Crippen LogP contribution in [0.5, 0.6) is 11.5 Å². The van der Waals surface area contributed by atoms with E-state index < -0.39 is 0 Å². The molecule has 0 saturated carbocycles. The first-order chi connectivity index (χ1) is 13.5. The molecule has 1 fully saturated rings. The summed E-state index contributed by atoms with van der Waals surface area (Å²) in [5, 5.41) is 3.06. The first-order valence-electron chi connectivity index (χ1n) is 9.79. The van der Waals surface area contributed by atoms with E-state index in [2.05, 4.69) is 16.3 Å². The van der Waals surface area contributed by atoms with Gasteiger partial charge in [-0.1, -0.05) is 6.07 Å². The first-order valence-corrected chi connectivity index (χ1v) is 9.79. The number of nitrogens with one attached hydrogen (secondary N) is 1. The van der Waals surface area contributed by atoms with Crippen LogP contribution in [0.15, 0.2) is 28.7 Å². The smallest absolute Gasteiger partial charge is 0.258 e. The molecule has 152 valence electrons. The van der Waals surface area contributed by atoms with Gasteiger partial charge < -0.3 is 19.2 Å². The van der Waals surface area contributed by atoms with Gasteiger partial charge in [0.15, 0.2) is 0 Å². The Hall–Kier alpha value is -2.47. The molecule has 1 N–H and O–H groups in total. The third-order valence-electron chi connectivity index (χ3n) is 5.45. The SMILES string of the molecule is COc1cccc(OC)c1C(=O)NCC1CCN(Cc2cc(C)oc2C)CC1. The van der Waals surface area contributed by atoms with E-state index >= 15 is 0 Å². The molecule has 0 aliphatic carbocycles. The Labute approximate surface area is 166 Å². The summed E-state index contributed by atoms with van der Waals surface area (Å²) in [6.07, 6.45) is 2.14. The molecular weight excluding hydrogens is 356 g/mol. The van der Waals surface area contributed by atoms with E-state index in [1.807, 2.05) is 19.9 Å². The van der Waals surface area contributed by atoms with E-state index in [4.69, 9.17) is 13.9 Å². The number of hydrogen-bond donors (Lipinski definition) is 1. The van der Waals surface area contributed by atoms with Gasteiger partial charge in [0.2, 0.25) is 0 Å². The molecule has 0 atom stereocenters. The zero-order chi connectivity index (χ0) is 20.1. The summed E-state index contributed by atoms with van der Waals surface area (Å²) in [5.41, 5.74) is 1.73. The van der Waals surface area contributed by atoms with E-state index in [-0.39, 0.29) is 5.91 Å². The number of carbonyl (C=O) groups is 1. The third kappa shape index (κ3) is 4.68. The maximum Gasteiger partial charge on any atom is 0.258 e. The molecule has 6 heteroatoms. The number of nitrogens with zero attached hydrogens (tertiary/aromatic N) is 1. The van der Waals surface area contributed by atoms with E-state index in [9.17, 15) is 4.79 Å². The van der Waals surface area contributed by atoms with E-state index in [1.165, 1.54) is 5.56 Å². The molecule has 0 bridgehead atoms. The summed E-state index contributed by atoms with van der Waals surface area (Å²) < 4.78 is 16.3. The lowest BCUT2D eigenvalue weighted by Crippen LogP contribution is -2.38. The summed E-state index contributed by atoms with van der Waals surface area (Å²) in [5.74, 6) is 3.36. The van der Waals surface area contributed by atoms with Crippen molar-refractivity contribution in [3.8, 4) is 11.5 Å². The second-order valence-corrected chi connectivity index (χ2v) is 7.41. The van der Waals surface area contributed by atoms with Gasteiger partial charge in [-0.25, -0.2) is 0 Å². The number of rotatable bonds is 7. The molecule has 1 aromatic carbocycles. The molecule has 2 heterocycles. The van der Waals surface area contributed by atoms with E-state index in [1.54, 1.807) is 26.4 Å². The monoisotopic (exact) mass is 386 g/mol. The van der Waals surface area contributed by atoms with Crippen molar-refractivity contribution in [2.24, 2.45) is 5.92 Å². The molecule has 28 heavy (non-hydrogen) atoms. The highest BCUT2D eigenvalue weighted by Crippen LogP contribution is 2.28. The fraction of sp³-hybridized carbons (Fsp3) is 0.500. The Balaban J connectivity index is 1.50. The minimum atomic E-state index is -0.152. The topological polar surface area (TPSA) is 63.9 Å². The van der Waals surface area contributed by atoms with Crippen molar-refractivity contribution in [3.05, 3.63) is 46.9 Å². The van der Waals surface area contributed by atoms with Gasteiger partial charge in [-0.15, -0.1) is 0 Å². The number of benzene rings is 1. The van der Waals surface area contributed by atoms with Crippen molar-refractivity contribution in [1.82, 2.24) is 10.2 Å². The summed E-state index contributed by atoms with van der Waals surface area (Å²) in [4.78, 5) is 15.2. The van der Waals surface area contributed by atoms with Crippen molar-refractivity contribution in [2.75, 3.05) is 33.9 Å². The van der Waals surface area contributed by atoms with Gasteiger partial charge in [0.25, 0.3) is 5.91 Å². The Morgan fingerprint density at radius 2 is 1.82 bits per heavy atom. The first kappa shape index (κ1) is 20.3. The van der Waals surface area contributed by atoms with Crippen LogP contribution in [-0.2, 0) is 6.54 Å². The van der Waals surface area contributed by atoms with Crippen LogP contribution in [0.1, 0.15) is 40.3 Å². The summed E-state index contributed by atoms with van der Waals surface area (Å²) in [7, 11) is 3.12. The minimum Gasteiger partial charge on any atom is -0.496 e. The number of methoxy groups -OCH3 is 2. The number of amides is 1. The van der Waals surface area contributed by atoms with Gasteiger partial charge in [0.1, 0.15) is 28.6 Å². The quantitative estimate of drug-likeness (QED) is 0.788. The average molecular weight is 386 g/mol. The van der Waals surface area contributed by atoms with Gasteiger partial charge >= 0.3 is 0 Å². The standard InChI is InChI=1S/C22H30N2O4/c1-15-12-18(16(2)28-15)14-24-10-8-17(9-11-24)13-23-22(25)21-19(26-3)6-5-7-20(21)27-4/h5-7,12,17H,8-11,13-14H2,1-4H3,(H,23,25). The Morgan fingerprint density at radius 3 is 2.36 bits per heavy atom. The normalized spacial score (nSPS) is 15.4. The fourth-order valence-corrected chi connectivity index (χ4v) is 3.83. The fourth-order valence-electron chi connectivity index (χ4n) is 3.83. The molecule has 0 unspecified atom stereocenters. The molecule has 6 nitrogen and oxygen atoms in total. The summed E-state index contributed by atoms with van der Waals surface area (Å²) in [6, 6.07) is 7.49. The highest BCUT2D eigenvalue weighted by Gasteiger charge is 2.23. The molecule has 2 aromatic rings. The zero-order valence-electron chi connectivity index (χ0n) is 17.2. The molecule has 1 aliphatic rings. The number of aryl methyl sites for hydroxylation is 2. The second kappa shape index (κ2) is 9.15. The number of furan rings is 1. The number of carbonyl (C=O) groups excluding carboxylic acids is 1. The lowest BCUT2D eigenvalue weighted by atomic mass is 9.96. The lowest BCUT2D eigenvalue weighted by molar-refractivity contribution is 0.0929. The maximum absolute atomic E-state index is 12.7. The molecule has 1 aromatic heterocycles. The van der Waals surface area contributed by atoms with E-state index in [0.717, 1.165) is 44.0 Å². The predicted octanol–water partition coefficient (Wildman–Crippen LogP) is 3.56. The van der Waals surface area contributed by atoms with Crippen LogP contribution >= 0.6 is 0 Å². The lowest BCUT2D eigenvalue weighted by Gasteiger charge is -2.32. The van der Waals surface area contributed by atoms with Crippen LogP contribution in [0.3, 0.4) is 0 Å². The van der Waals surface area contributed by atoms with E-state index in [0.29, 0.717) is 29.5 Å². The van der Waals surface area contributed by atoms with Gasteiger partial charge in [-0.2, -0.15) is 0 Å². The molecule has 0 radical (unpaired) electrons. The molecule has 1 aliphatic heterocycles. The number of piperidine rings is 1. The summed E-state index contributed by atoms with van der Waals surface area (Å²) >= 11 is 0. The maximum atomic E-state index is 12.7. The number of likely N-dealkylation sites (tertiary alicyclic amines) is 1. The molecule has 0 spiro atoms. The van der Waals surface area contributed by atoms with Crippen LogP contribution in [0.4, 0.5) is 0 Å². The third-order valence-corrected chi connectivity index (χ3v) is 5.45. The molecule has 1 amide bonds. The molecule has 3 rings (SSSR count). The highest BCUT2D eigenvalue weighted by molar-refractivity contribution is 5.99. The minimum absolute atomic E-state index is 0.152. The van der Waals surface area contributed by atoms with Crippen LogP contribution < -0.4 is 14.8 Å². The van der Waals surface area contributed by atoms with Crippen LogP contribution in [0.25, 0.3) is 0 Å². The van der Waals surface area contributed by atoms with Crippen molar-refractivity contribution < 1.29 is 18.7 Å².